The van der Waals surface area contributed by atoms with Crippen LogP contribution in [0.2, 0.25) is 5.02 Å². The summed E-state index contributed by atoms with van der Waals surface area (Å²) in [6.07, 6.45) is 0.863. The van der Waals surface area contributed by atoms with Crippen molar-refractivity contribution in [1.82, 2.24) is 24.1 Å². The predicted octanol–water partition coefficient (Wildman–Crippen LogP) is 3.47. The molecule has 0 bridgehead atoms. The monoisotopic (exact) mass is 461 g/mol. The van der Waals surface area contributed by atoms with E-state index in [1.807, 2.05) is 16.5 Å². The average Bonchev–Trinajstić information content (AvgIpc) is 3.31. The van der Waals surface area contributed by atoms with E-state index in [2.05, 4.69) is 22.1 Å². The number of aromatic nitrogens is 4. The van der Waals surface area contributed by atoms with Gasteiger partial charge in [-0.25, -0.2) is 8.97 Å². The second-order valence-corrected chi connectivity index (χ2v) is 9.83. The molecule has 3 aromatic heterocycles. The van der Waals surface area contributed by atoms with Crippen molar-refractivity contribution in [3.8, 4) is 5.69 Å². The Hall–Kier alpha value is -1.91. The van der Waals surface area contributed by atoms with Gasteiger partial charge in [-0.05, 0) is 43.3 Å². The van der Waals surface area contributed by atoms with E-state index >= 15 is 0 Å². The van der Waals surface area contributed by atoms with E-state index in [9.17, 15) is 4.79 Å². The van der Waals surface area contributed by atoms with E-state index < -0.39 is 0 Å². The van der Waals surface area contributed by atoms with Crippen LogP contribution in [0.5, 0.6) is 0 Å². The van der Waals surface area contributed by atoms with Gasteiger partial charge in [-0.3, -0.25) is 4.79 Å². The summed E-state index contributed by atoms with van der Waals surface area (Å²) in [6, 6.07) is 7.25. The summed E-state index contributed by atoms with van der Waals surface area (Å²) in [5.74, 6) is 1.27. The molecule has 0 unspecified atom stereocenters. The lowest BCUT2D eigenvalue weighted by molar-refractivity contribution is 0.218. The number of methoxy groups -OCH3 is 1. The van der Waals surface area contributed by atoms with E-state index in [4.69, 9.17) is 16.3 Å². The molecule has 4 aromatic rings. The first-order valence-electron chi connectivity index (χ1n) is 9.59. The van der Waals surface area contributed by atoms with E-state index in [1.54, 1.807) is 46.9 Å². The standard InChI is InChI=1S/C20H20ClN5O2S2/c1-24-8-7-14-15(11-24)30-18-16(14)17(27)25(13-5-3-12(21)4-6-13)19-22-23-20(26(18)19)29-10-9-28-2/h3-6H,7-11H2,1-2H3. The van der Waals surface area contributed by atoms with Crippen LogP contribution in [0.4, 0.5) is 0 Å². The van der Waals surface area contributed by atoms with Crippen molar-refractivity contribution in [1.29, 1.82) is 0 Å². The van der Waals surface area contributed by atoms with Gasteiger partial charge in [0.15, 0.2) is 5.16 Å². The minimum atomic E-state index is -0.0530. The number of halogens is 1. The Morgan fingerprint density at radius 2 is 2.07 bits per heavy atom. The molecule has 1 aliphatic heterocycles. The molecule has 1 aromatic carbocycles. The first-order chi connectivity index (χ1) is 14.6. The molecule has 0 radical (unpaired) electrons. The van der Waals surface area contributed by atoms with Gasteiger partial charge >= 0.3 is 0 Å². The van der Waals surface area contributed by atoms with Crippen molar-refractivity contribution >= 4 is 50.7 Å². The van der Waals surface area contributed by atoms with Crippen LogP contribution in [0.25, 0.3) is 21.7 Å². The fourth-order valence-electron chi connectivity index (χ4n) is 3.81. The predicted molar refractivity (Wildman–Crippen MR) is 122 cm³/mol. The molecule has 5 rings (SSSR count). The number of thioether (sulfide) groups is 1. The molecule has 4 heterocycles. The Morgan fingerprint density at radius 1 is 1.27 bits per heavy atom. The minimum Gasteiger partial charge on any atom is -0.384 e. The van der Waals surface area contributed by atoms with Crippen LogP contribution < -0.4 is 5.56 Å². The first-order valence-corrected chi connectivity index (χ1v) is 11.8. The zero-order valence-corrected chi connectivity index (χ0v) is 19.0. The van der Waals surface area contributed by atoms with Crippen LogP contribution in [0.3, 0.4) is 0 Å². The first kappa shape index (κ1) is 20.0. The van der Waals surface area contributed by atoms with Gasteiger partial charge < -0.3 is 9.64 Å². The second-order valence-electron chi connectivity index (χ2n) is 7.25. The summed E-state index contributed by atoms with van der Waals surface area (Å²) < 4.78 is 8.86. The highest BCUT2D eigenvalue weighted by Gasteiger charge is 2.26. The van der Waals surface area contributed by atoms with E-state index in [0.29, 0.717) is 17.4 Å². The Labute approximate surface area is 186 Å². The summed E-state index contributed by atoms with van der Waals surface area (Å²) >= 11 is 9.33. The highest BCUT2D eigenvalue weighted by Crippen LogP contribution is 2.35. The topological polar surface area (TPSA) is 64.7 Å². The maximum Gasteiger partial charge on any atom is 0.268 e. The summed E-state index contributed by atoms with van der Waals surface area (Å²) in [6.45, 7) is 2.41. The minimum absolute atomic E-state index is 0.0530. The number of benzene rings is 1. The molecule has 1 aliphatic rings. The molecule has 0 saturated carbocycles. The summed E-state index contributed by atoms with van der Waals surface area (Å²) in [4.78, 5) is 18.2. The van der Waals surface area contributed by atoms with Crippen LogP contribution in [0.15, 0.2) is 34.2 Å². The molecular weight excluding hydrogens is 442 g/mol. The molecule has 7 nitrogen and oxygen atoms in total. The highest BCUT2D eigenvalue weighted by molar-refractivity contribution is 7.99. The van der Waals surface area contributed by atoms with Crippen LogP contribution in [0, 0.1) is 0 Å². The summed E-state index contributed by atoms with van der Waals surface area (Å²) in [7, 11) is 3.79. The molecule has 30 heavy (non-hydrogen) atoms. The van der Waals surface area contributed by atoms with Crippen molar-refractivity contribution in [2.45, 2.75) is 18.1 Å². The van der Waals surface area contributed by atoms with Gasteiger partial charge in [0.25, 0.3) is 5.56 Å². The normalized spacial score (nSPS) is 14.6. The van der Waals surface area contributed by atoms with E-state index in [1.165, 1.54) is 4.88 Å². The molecule has 0 spiro atoms. The summed E-state index contributed by atoms with van der Waals surface area (Å²) in [5.41, 5.74) is 1.83. The van der Waals surface area contributed by atoms with Crippen molar-refractivity contribution in [3.63, 3.8) is 0 Å². The van der Waals surface area contributed by atoms with Crippen LogP contribution >= 0.6 is 34.7 Å². The average molecular weight is 462 g/mol. The third kappa shape index (κ3) is 3.25. The molecule has 0 fully saturated rings. The number of hydrogen-bond donors (Lipinski definition) is 0. The van der Waals surface area contributed by atoms with Gasteiger partial charge in [0.2, 0.25) is 5.78 Å². The largest absolute Gasteiger partial charge is 0.384 e. The number of likely N-dealkylation sites (N-methyl/N-ethyl adjacent to an activating group) is 1. The Kier molecular flexibility index (Phi) is 5.32. The van der Waals surface area contributed by atoms with Crippen molar-refractivity contribution in [3.05, 3.63) is 50.1 Å². The van der Waals surface area contributed by atoms with E-state index in [-0.39, 0.29) is 5.56 Å². The quantitative estimate of drug-likeness (QED) is 0.335. The van der Waals surface area contributed by atoms with Gasteiger partial charge in [-0.15, -0.1) is 21.5 Å². The molecule has 0 N–H and O–H groups in total. The number of nitrogens with zero attached hydrogens (tertiary/aromatic N) is 5. The van der Waals surface area contributed by atoms with Crippen molar-refractivity contribution in [2.75, 3.05) is 33.1 Å². The summed E-state index contributed by atoms with van der Waals surface area (Å²) in [5, 5.41) is 11.0. The van der Waals surface area contributed by atoms with Crippen molar-refractivity contribution in [2.24, 2.45) is 0 Å². The number of hydrogen-bond acceptors (Lipinski definition) is 7. The van der Waals surface area contributed by atoms with Gasteiger partial charge in [-0.2, -0.15) is 0 Å². The lowest BCUT2D eigenvalue weighted by Crippen LogP contribution is -2.27. The van der Waals surface area contributed by atoms with Gasteiger partial charge in [0, 0.05) is 35.9 Å². The highest BCUT2D eigenvalue weighted by atomic mass is 35.5. The molecular formula is C20H20ClN5O2S2. The van der Waals surface area contributed by atoms with Gasteiger partial charge in [0.05, 0.1) is 17.7 Å². The van der Waals surface area contributed by atoms with Crippen LogP contribution in [-0.4, -0.2) is 57.1 Å². The van der Waals surface area contributed by atoms with Crippen molar-refractivity contribution < 1.29 is 4.74 Å². The molecule has 156 valence electrons. The molecule has 0 aliphatic carbocycles. The smallest absolute Gasteiger partial charge is 0.268 e. The number of ether oxygens (including phenoxy) is 1. The fraction of sp³-hybridized carbons (Fsp3) is 0.350. The van der Waals surface area contributed by atoms with Gasteiger partial charge in [0.1, 0.15) is 4.83 Å². The third-order valence-corrected chi connectivity index (χ3v) is 7.62. The third-order valence-electron chi connectivity index (χ3n) is 5.27. The SMILES string of the molecule is COCCSc1nnc2n(-c3ccc(Cl)cc3)c(=O)c3c4c(sc3n12)CN(C)CC4. The lowest BCUT2D eigenvalue weighted by atomic mass is 10.1. The molecule has 0 amide bonds. The second kappa shape index (κ2) is 7.97. The maximum absolute atomic E-state index is 13.7. The zero-order chi connectivity index (χ0) is 20.8. The van der Waals surface area contributed by atoms with E-state index in [0.717, 1.165) is 51.9 Å². The fourth-order valence-corrected chi connectivity index (χ4v) is 6.25. The molecule has 0 atom stereocenters. The number of fused-ring (bicyclic) bond motifs is 5. The number of rotatable bonds is 5. The van der Waals surface area contributed by atoms with Crippen LogP contribution in [0.1, 0.15) is 10.4 Å². The molecule has 10 heteroatoms. The maximum atomic E-state index is 13.7. The molecule has 0 saturated heterocycles. The Balaban J connectivity index is 1.83. The Morgan fingerprint density at radius 3 is 2.83 bits per heavy atom. The number of thiophene rings is 1. The van der Waals surface area contributed by atoms with Gasteiger partial charge in [-0.1, -0.05) is 23.4 Å². The Bertz CT molecular complexity index is 1300. The zero-order valence-electron chi connectivity index (χ0n) is 16.6. The lowest BCUT2D eigenvalue weighted by Gasteiger charge is -2.21. The van der Waals surface area contributed by atoms with Crippen LogP contribution in [-0.2, 0) is 17.7 Å².